The van der Waals surface area contributed by atoms with Crippen LogP contribution >= 0.6 is 0 Å². The Morgan fingerprint density at radius 3 is 2.38 bits per heavy atom. The maximum Gasteiger partial charge on any atom is 0.246 e. The largest absolute Gasteiger partial charge is 0.344 e. The lowest BCUT2D eigenvalue weighted by Gasteiger charge is -2.20. The molecule has 0 radical (unpaired) electrons. The Hall–Kier alpha value is -3.54. The molecule has 2 aromatic carbocycles. The highest BCUT2D eigenvalue weighted by Gasteiger charge is 2.25. The molecule has 3 rings (SSSR count). The molecule has 0 aliphatic carbocycles. The molecule has 3 aromatic rings. The summed E-state index contributed by atoms with van der Waals surface area (Å²) < 4.78 is 13.8. The van der Waals surface area contributed by atoms with Crippen LogP contribution in [0, 0.1) is 5.82 Å². The van der Waals surface area contributed by atoms with Crippen LogP contribution < -0.4 is 10.6 Å². The van der Waals surface area contributed by atoms with E-state index < -0.39 is 23.7 Å². The number of carbonyl (C=O) groups excluding carboxylic acids is 2. The van der Waals surface area contributed by atoms with Gasteiger partial charge in [-0.1, -0.05) is 48.5 Å². The maximum atomic E-state index is 13.8. The number of nitrogens with zero attached hydrogens (tertiary/aromatic N) is 1. The molecule has 0 spiro atoms. The number of benzene rings is 2. The minimum Gasteiger partial charge on any atom is -0.344 e. The van der Waals surface area contributed by atoms with Gasteiger partial charge in [-0.2, -0.15) is 0 Å². The Kier molecular flexibility index (Phi) is 6.68. The van der Waals surface area contributed by atoms with Gasteiger partial charge in [-0.3, -0.25) is 14.6 Å². The van der Waals surface area contributed by atoms with E-state index in [0.717, 1.165) is 11.1 Å². The zero-order valence-corrected chi connectivity index (χ0v) is 16.0. The van der Waals surface area contributed by atoms with E-state index in [-0.39, 0.29) is 11.6 Å². The predicted octanol–water partition coefficient (Wildman–Crippen LogP) is 3.69. The van der Waals surface area contributed by atoms with E-state index in [4.69, 9.17) is 0 Å². The van der Waals surface area contributed by atoms with Gasteiger partial charge in [0.25, 0.3) is 0 Å². The third kappa shape index (κ3) is 5.48. The van der Waals surface area contributed by atoms with Gasteiger partial charge in [0, 0.05) is 12.4 Å². The Labute approximate surface area is 169 Å². The summed E-state index contributed by atoms with van der Waals surface area (Å²) in [6, 6.07) is 18.2. The molecule has 0 bridgehead atoms. The van der Waals surface area contributed by atoms with E-state index in [9.17, 15) is 14.0 Å². The van der Waals surface area contributed by atoms with Crippen molar-refractivity contribution in [2.45, 2.75) is 25.3 Å². The second-order valence-corrected chi connectivity index (χ2v) is 6.73. The molecule has 2 unspecified atom stereocenters. The number of para-hydroxylation sites is 1. The number of nitrogens with one attached hydrogen (secondary N) is 2. The minimum absolute atomic E-state index is 0.0774. The molecule has 1 aromatic heterocycles. The molecule has 2 amide bonds. The van der Waals surface area contributed by atoms with Gasteiger partial charge in [0.1, 0.15) is 11.9 Å². The summed E-state index contributed by atoms with van der Waals surface area (Å²) in [5.74, 6) is -1.78. The first-order valence-corrected chi connectivity index (χ1v) is 9.34. The highest BCUT2D eigenvalue weighted by atomic mass is 19.1. The number of anilines is 1. The second-order valence-electron chi connectivity index (χ2n) is 6.73. The van der Waals surface area contributed by atoms with E-state index in [1.165, 1.54) is 12.1 Å². The van der Waals surface area contributed by atoms with Crippen LogP contribution in [0.2, 0.25) is 0 Å². The molecule has 2 atom stereocenters. The molecule has 1 heterocycles. The van der Waals surface area contributed by atoms with Gasteiger partial charge in [-0.05, 0) is 42.7 Å². The molecule has 0 saturated heterocycles. The van der Waals surface area contributed by atoms with Gasteiger partial charge >= 0.3 is 0 Å². The van der Waals surface area contributed by atoms with Crippen LogP contribution in [0.25, 0.3) is 0 Å². The van der Waals surface area contributed by atoms with E-state index in [1.54, 1.807) is 31.5 Å². The zero-order valence-electron chi connectivity index (χ0n) is 16.0. The molecule has 5 nitrogen and oxygen atoms in total. The number of amides is 2. The number of hydrogen-bond donors (Lipinski definition) is 2. The van der Waals surface area contributed by atoms with E-state index in [0.29, 0.717) is 6.42 Å². The smallest absolute Gasteiger partial charge is 0.246 e. The summed E-state index contributed by atoms with van der Waals surface area (Å²) in [6.07, 6.45) is 3.85. The average molecular weight is 391 g/mol. The zero-order chi connectivity index (χ0) is 20.6. The highest BCUT2D eigenvalue weighted by Crippen LogP contribution is 2.21. The highest BCUT2D eigenvalue weighted by molar-refractivity contribution is 5.97. The SMILES string of the molecule is CC(NC(=O)C(Cc1cccnc1)c1ccccc1)C(=O)Nc1ccccc1F. The van der Waals surface area contributed by atoms with Crippen LogP contribution in [0.5, 0.6) is 0 Å². The van der Waals surface area contributed by atoms with Crippen LogP contribution in [-0.4, -0.2) is 22.8 Å². The summed E-state index contributed by atoms with van der Waals surface area (Å²) in [5, 5.41) is 5.25. The van der Waals surface area contributed by atoms with Gasteiger partial charge in [0.05, 0.1) is 11.6 Å². The summed E-state index contributed by atoms with van der Waals surface area (Å²) in [7, 11) is 0. The van der Waals surface area contributed by atoms with Crippen molar-refractivity contribution >= 4 is 17.5 Å². The lowest BCUT2D eigenvalue weighted by Crippen LogP contribution is -2.44. The number of halogens is 1. The van der Waals surface area contributed by atoms with Gasteiger partial charge in [0.2, 0.25) is 11.8 Å². The van der Waals surface area contributed by atoms with Crippen molar-refractivity contribution in [2.75, 3.05) is 5.32 Å². The van der Waals surface area contributed by atoms with Crippen LogP contribution in [0.3, 0.4) is 0 Å². The van der Waals surface area contributed by atoms with Crippen molar-refractivity contribution in [1.82, 2.24) is 10.3 Å². The van der Waals surface area contributed by atoms with Crippen LogP contribution in [0.4, 0.5) is 10.1 Å². The molecule has 29 heavy (non-hydrogen) atoms. The van der Waals surface area contributed by atoms with E-state index >= 15 is 0 Å². The van der Waals surface area contributed by atoms with E-state index in [1.807, 2.05) is 42.5 Å². The molecule has 148 valence electrons. The summed E-state index contributed by atoms with van der Waals surface area (Å²) in [6.45, 7) is 1.57. The predicted molar refractivity (Wildman–Crippen MR) is 110 cm³/mol. The average Bonchev–Trinajstić information content (AvgIpc) is 2.75. The molecule has 0 saturated carbocycles. The van der Waals surface area contributed by atoms with Crippen molar-refractivity contribution in [2.24, 2.45) is 0 Å². The molecule has 0 aliphatic heterocycles. The van der Waals surface area contributed by atoms with Gasteiger partial charge in [0.15, 0.2) is 0 Å². The number of hydrogen-bond acceptors (Lipinski definition) is 3. The van der Waals surface area contributed by atoms with Crippen LogP contribution in [0.15, 0.2) is 79.1 Å². The molecular formula is C23H22FN3O2. The lowest BCUT2D eigenvalue weighted by molar-refractivity contribution is -0.127. The number of carbonyl (C=O) groups is 2. The lowest BCUT2D eigenvalue weighted by atomic mass is 9.91. The third-order valence-corrected chi connectivity index (χ3v) is 4.56. The van der Waals surface area contributed by atoms with Gasteiger partial charge < -0.3 is 10.6 Å². The fourth-order valence-corrected chi connectivity index (χ4v) is 2.98. The normalized spacial score (nSPS) is 12.6. The molecular weight excluding hydrogens is 369 g/mol. The molecule has 6 heteroatoms. The van der Waals surface area contributed by atoms with Gasteiger partial charge in [-0.15, -0.1) is 0 Å². The van der Waals surface area contributed by atoms with Crippen molar-refractivity contribution < 1.29 is 14.0 Å². The summed E-state index contributed by atoms with van der Waals surface area (Å²) in [5.41, 5.74) is 1.84. The van der Waals surface area contributed by atoms with Gasteiger partial charge in [-0.25, -0.2) is 4.39 Å². The molecule has 0 aliphatic rings. The quantitative estimate of drug-likeness (QED) is 0.645. The van der Waals surface area contributed by atoms with Crippen molar-refractivity contribution in [3.05, 3.63) is 96.1 Å². The van der Waals surface area contributed by atoms with Crippen molar-refractivity contribution in [3.8, 4) is 0 Å². The molecule has 0 fully saturated rings. The Morgan fingerprint density at radius 2 is 1.69 bits per heavy atom. The standard InChI is InChI=1S/C23H22FN3O2/c1-16(22(28)27-21-12-6-5-11-20(21)24)26-23(29)19(18-9-3-2-4-10-18)14-17-8-7-13-25-15-17/h2-13,15-16,19H,14H2,1H3,(H,26,29)(H,27,28). The van der Waals surface area contributed by atoms with Crippen LogP contribution in [0.1, 0.15) is 24.0 Å². The number of aromatic nitrogens is 1. The minimum atomic E-state index is -0.831. The van der Waals surface area contributed by atoms with Crippen molar-refractivity contribution in [3.63, 3.8) is 0 Å². The Balaban J connectivity index is 1.72. The topological polar surface area (TPSA) is 71.1 Å². The first-order valence-electron chi connectivity index (χ1n) is 9.34. The Morgan fingerprint density at radius 1 is 0.966 bits per heavy atom. The Bertz CT molecular complexity index is 964. The first kappa shape index (κ1) is 20.2. The second kappa shape index (κ2) is 9.59. The molecule has 2 N–H and O–H groups in total. The number of pyridine rings is 1. The third-order valence-electron chi connectivity index (χ3n) is 4.56. The van der Waals surface area contributed by atoms with E-state index in [2.05, 4.69) is 15.6 Å². The van der Waals surface area contributed by atoms with Crippen molar-refractivity contribution in [1.29, 1.82) is 0 Å². The maximum absolute atomic E-state index is 13.8. The fourth-order valence-electron chi connectivity index (χ4n) is 2.98. The monoisotopic (exact) mass is 391 g/mol. The summed E-state index contributed by atoms with van der Waals surface area (Å²) in [4.78, 5) is 29.5. The van der Waals surface area contributed by atoms with Crippen LogP contribution in [-0.2, 0) is 16.0 Å². The first-order chi connectivity index (χ1) is 14.0. The number of rotatable bonds is 7. The summed E-state index contributed by atoms with van der Waals surface area (Å²) >= 11 is 0. The fraction of sp³-hybridized carbons (Fsp3) is 0.174.